The predicted molar refractivity (Wildman–Crippen MR) is 103 cm³/mol. The molecular weight excluding hydrogens is 350 g/mol. The van der Waals surface area contributed by atoms with Gasteiger partial charge in [0.15, 0.2) is 0 Å². The van der Waals surface area contributed by atoms with Gasteiger partial charge in [-0.1, -0.05) is 49.4 Å². The van der Waals surface area contributed by atoms with Crippen LogP contribution < -0.4 is 0 Å². The summed E-state index contributed by atoms with van der Waals surface area (Å²) in [4.78, 5) is 24.0. The van der Waals surface area contributed by atoms with Gasteiger partial charge in [-0.05, 0) is 42.0 Å². The second kappa shape index (κ2) is 8.50. The molecule has 0 aliphatic carbocycles. The van der Waals surface area contributed by atoms with E-state index in [1.807, 2.05) is 30.3 Å². The Morgan fingerprint density at radius 3 is 2.19 bits per heavy atom. The molecule has 2 aromatic carbocycles. The number of aromatic nitrogens is 1. The fourth-order valence-electron chi connectivity index (χ4n) is 2.72. The van der Waals surface area contributed by atoms with E-state index in [0.29, 0.717) is 28.5 Å². The van der Waals surface area contributed by atoms with Crippen molar-refractivity contribution in [2.24, 2.45) is 0 Å². The van der Waals surface area contributed by atoms with Crippen molar-refractivity contribution >= 4 is 23.4 Å². The van der Waals surface area contributed by atoms with Crippen molar-refractivity contribution in [1.82, 2.24) is 4.57 Å². The molecule has 0 bridgehead atoms. The van der Waals surface area contributed by atoms with Crippen LogP contribution in [0.5, 0.6) is 0 Å². The molecule has 0 saturated carbocycles. The highest BCUT2D eigenvalue weighted by atomic mass is 35.5. The van der Waals surface area contributed by atoms with Gasteiger partial charge in [0.05, 0.1) is 12.1 Å². The van der Waals surface area contributed by atoms with E-state index >= 15 is 0 Å². The summed E-state index contributed by atoms with van der Waals surface area (Å²) < 4.78 is 1.76. The summed E-state index contributed by atoms with van der Waals surface area (Å²) in [7, 11) is 0. The average Bonchev–Trinajstić information content (AvgIpc) is 2.97. The van der Waals surface area contributed by atoms with E-state index in [1.54, 1.807) is 41.0 Å². The Kier molecular flexibility index (Phi) is 6.36. The standard InChI is InChI=1S/C20H16ClNO3.CH4/c21-16-8-6-15(7-9-16)20(25)18-11-10-17(12-19(23)24)22(18)13-14-4-2-1-3-5-14;/h1-11H,12-13H2,(H,23,24);1H4. The number of carboxylic acids is 1. The van der Waals surface area contributed by atoms with Crippen LogP contribution >= 0.6 is 11.6 Å². The van der Waals surface area contributed by atoms with Gasteiger partial charge in [0.1, 0.15) is 0 Å². The monoisotopic (exact) mass is 369 g/mol. The number of ketones is 1. The summed E-state index contributed by atoms with van der Waals surface area (Å²) >= 11 is 5.88. The predicted octanol–water partition coefficient (Wildman–Crippen LogP) is 4.68. The molecule has 1 aromatic heterocycles. The highest BCUT2D eigenvalue weighted by Gasteiger charge is 2.18. The van der Waals surface area contributed by atoms with Crippen LogP contribution in [0.15, 0.2) is 66.7 Å². The Labute approximate surface area is 157 Å². The number of carboxylic acid groups (broad SMARTS) is 1. The first-order valence-electron chi connectivity index (χ1n) is 7.79. The largest absolute Gasteiger partial charge is 0.481 e. The van der Waals surface area contributed by atoms with Crippen LogP contribution in [0.2, 0.25) is 5.02 Å². The lowest BCUT2D eigenvalue weighted by atomic mass is 10.1. The lowest BCUT2D eigenvalue weighted by Crippen LogP contribution is -2.15. The van der Waals surface area contributed by atoms with Gasteiger partial charge in [-0.3, -0.25) is 9.59 Å². The number of nitrogens with zero attached hydrogens (tertiary/aromatic N) is 1. The van der Waals surface area contributed by atoms with E-state index in [2.05, 4.69) is 0 Å². The zero-order valence-electron chi connectivity index (χ0n) is 13.4. The second-order valence-electron chi connectivity index (χ2n) is 5.69. The minimum atomic E-state index is -0.932. The molecule has 1 heterocycles. The van der Waals surface area contributed by atoms with Crippen LogP contribution in [-0.4, -0.2) is 21.4 Å². The van der Waals surface area contributed by atoms with E-state index in [9.17, 15) is 9.59 Å². The minimum Gasteiger partial charge on any atom is -0.481 e. The molecule has 3 rings (SSSR count). The summed E-state index contributed by atoms with van der Waals surface area (Å²) in [6, 6.07) is 19.7. The third-order valence-electron chi connectivity index (χ3n) is 3.93. The van der Waals surface area contributed by atoms with Crippen LogP contribution in [-0.2, 0) is 17.8 Å². The number of rotatable bonds is 6. The van der Waals surface area contributed by atoms with E-state index < -0.39 is 5.97 Å². The van der Waals surface area contributed by atoms with Crippen LogP contribution in [0.1, 0.15) is 34.7 Å². The van der Waals surface area contributed by atoms with E-state index in [4.69, 9.17) is 16.7 Å². The van der Waals surface area contributed by atoms with E-state index in [0.717, 1.165) is 5.56 Å². The molecule has 0 atom stereocenters. The van der Waals surface area contributed by atoms with Gasteiger partial charge in [-0.25, -0.2) is 0 Å². The van der Waals surface area contributed by atoms with Crippen molar-refractivity contribution in [3.05, 3.63) is 94.3 Å². The average molecular weight is 370 g/mol. The molecule has 1 N–H and O–H groups in total. The Morgan fingerprint density at radius 2 is 1.58 bits per heavy atom. The maximum atomic E-state index is 12.9. The summed E-state index contributed by atoms with van der Waals surface area (Å²) in [6.45, 7) is 0.436. The lowest BCUT2D eigenvalue weighted by molar-refractivity contribution is -0.136. The Bertz CT molecular complexity index is 899. The number of carbonyl (C=O) groups is 2. The summed E-state index contributed by atoms with van der Waals surface area (Å²) in [6.07, 6.45) is -0.138. The minimum absolute atomic E-state index is 0. The smallest absolute Gasteiger partial charge is 0.309 e. The van der Waals surface area contributed by atoms with Crippen LogP contribution in [0.4, 0.5) is 0 Å². The molecule has 5 heteroatoms. The normalized spacial score (nSPS) is 10.2. The van der Waals surface area contributed by atoms with Crippen molar-refractivity contribution < 1.29 is 14.7 Å². The molecule has 26 heavy (non-hydrogen) atoms. The summed E-state index contributed by atoms with van der Waals surface area (Å²) in [5.74, 6) is -1.10. The summed E-state index contributed by atoms with van der Waals surface area (Å²) in [5, 5.41) is 9.70. The van der Waals surface area contributed by atoms with Crippen molar-refractivity contribution in [1.29, 1.82) is 0 Å². The third kappa shape index (κ3) is 4.41. The van der Waals surface area contributed by atoms with E-state index in [-0.39, 0.29) is 19.6 Å². The molecule has 3 aromatic rings. The zero-order valence-corrected chi connectivity index (χ0v) is 14.1. The molecule has 0 unspecified atom stereocenters. The molecule has 0 fully saturated rings. The molecule has 134 valence electrons. The van der Waals surface area contributed by atoms with Gasteiger partial charge in [0.25, 0.3) is 0 Å². The van der Waals surface area contributed by atoms with Crippen LogP contribution in [0, 0.1) is 0 Å². The number of hydrogen-bond acceptors (Lipinski definition) is 2. The van der Waals surface area contributed by atoms with Crippen molar-refractivity contribution in [3.63, 3.8) is 0 Å². The number of benzene rings is 2. The van der Waals surface area contributed by atoms with Crippen LogP contribution in [0.25, 0.3) is 0 Å². The maximum absolute atomic E-state index is 12.9. The fraction of sp³-hybridized carbons (Fsp3) is 0.143. The topological polar surface area (TPSA) is 59.3 Å². The second-order valence-corrected chi connectivity index (χ2v) is 6.12. The molecule has 0 radical (unpaired) electrons. The van der Waals surface area contributed by atoms with Crippen molar-refractivity contribution in [3.8, 4) is 0 Å². The Hall–Kier alpha value is -2.85. The van der Waals surface area contributed by atoms with Gasteiger partial charge < -0.3 is 9.67 Å². The molecular formula is C21H20ClNO3. The van der Waals surface area contributed by atoms with Gasteiger partial charge in [-0.2, -0.15) is 0 Å². The van der Waals surface area contributed by atoms with Crippen LogP contribution in [0.3, 0.4) is 0 Å². The first kappa shape index (κ1) is 19.5. The Balaban J connectivity index is 0.00000243. The summed E-state index contributed by atoms with van der Waals surface area (Å²) in [5.41, 5.74) is 2.56. The van der Waals surface area contributed by atoms with Gasteiger partial charge in [-0.15, -0.1) is 0 Å². The number of hydrogen-bond donors (Lipinski definition) is 1. The number of carbonyl (C=O) groups excluding carboxylic acids is 1. The number of aliphatic carboxylic acids is 1. The van der Waals surface area contributed by atoms with Gasteiger partial charge >= 0.3 is 5.97 Å². The first-order valence-corrected chi connectivity index (χ1v) is 8.17. The Morgan fingerprint density at radius 1 is 0.923 bits per heavy atom. The lowest BCUT2D eigenvalue weighted by Gasteiger charge is -2.13. The fourth-order valence-corrected chi connectivity index (χ4v) is 2.85. The molecule has 0 amide bonds. The highest BCUT2D eigenvalue weighted by Crippen LogP contribution is 2.19. The zero-order chi connectivity index (χ0) is 17.8. The molecule has 0 saturated heterocycles. The highest BCUT2D eigenvalue weighted by molar-refractivity contribution is 6.30. The van der Waals surface area contributed by atoms with Gasteiger partial charge in [0.2, 0.25) is 5.78 Å². The maximum Gasteiger partial charge on any atom is 0.309 e. The van der Waals surface area contributed by atoms with E-state index in [1.165, 1.54) is 0 Å². The number of halogens is 1. The van der Waals surface area contributed by atoms with Gasteiger partial charge in [0, 0.05) is 22.8 Å². The third-order valence-corrected chi connectivity index (χ3v) is 4.18. The van der Waals surface area contributed by atoms with Crippen molar-refractivity contribution in [2.45, 2.75) is 20.4 Å². The van der Waals surface area contributed by atoms with Crippen molar-refractivity contribution in [2.75, 3.05) is 0 Å². The molecule has 0 spiro atoms. The first-order chi connectivity index (χ1) is 12.0. The quantitative estimate of drug-likeness (QED) is 0.641. The SMILES string of the molecule is C.O=C(O)Cc1ccc(C(=O)c2ccc(Cl)cc2)n1Cc1ccccc1. The molecule has 0 aliphatic heterocycles. The molecule has 0 aliphatic rings. The molecule has 4 nitrogen and oxygen atoms in total.